The average Bonchev–Trinajstić information content (AvgIpc) is 2.31. The van der Waals surface area contributed by atoms with Gasteiger partial charge in [-0.25, -0.2) is 0 Å². The topological polar surface area (TPSA) is 99.0 Å². The van der Waals surface area contributed by atoms with Gasteiger partial charge in [0.15, 0.2) is 0 Å². The van der Waals surface area contributed by atoms with E-state index in [4.69, 9.17) is 9.84 Å². The third kappa shape index (κ3) is 4.23. The minimum absolute atomic E-state index is 0.302. The first-order valence-corrected chi connectivity index (χ1v) is 5.87. The fourth-order valence-corrected chi connectivity index (χ4v) is 1.74. The zero-order chi connectivity index (χ0) is 13.6. The minimum Gasteiger partial charge on any atom is -0.394 e. The lowest BCUT2D eigenvalue weighted by Gasteiger charge is -2.41. The van der Waals surface area contributed by atoms with E-state index < -0.39 is 30.5 Å². The molecular formula is C11H23NO5. The van der Waals surface area contributed by atoms with Gasteiger partial charge in [-0.3, -0.25) is 4.79 Å². The molecular weight excluding hydrogens is 226 g/mol. The lowest BCUT2D eigenvalue weighted by atomic mass is 9.93. The molecule has 17 heavy (non-hydrogen) atoms. The number of nitrogens with one attached hydrogen (secondary N) is 1. The van der Waals surface area contributed by atoms with Crippen LogP contribution in [0.1, 0.15) is 27.7 Å². The van der Waals surface area contributed by atoms with E-state index in [-0.39, 0.29) is 12.5 Å². The van der Waals surface area contributed by atoms with Crippen molar-refractivity contribution in [1.82, 2.24) is 5.32 Å². The lowest BCUT2D eigenvalue weighted by molar-refractivity contribution is -0.190. The molecule has 0 aromatic heterocycles. The van der Waals surface area contributed by atoms with Gasteiger partial charge in [-0.1, -0.05) is 13.8 Å². The lowest BCUT2D eigenvalue weighted by Crippen LogP contribution is -2.63. The van der Waals surface area contributed by atoms with Crippen LogP contribution < -0.4 is 5.32 Å². The quantitative estimate of drug-likeness (QED) is 0.504. The number of carbonyl (C=O) groups is 1. The highest BCUT2D eigenvalue weighted by atomic mass is 16.5. The second kappa shape index (κ2) is 7.60. The molecule has 0 aromatic carbocycles. The van der Waals surface area contributed by atoms with Crippen LogP contribution in [0.2, 0.25) is 0 Å². The molecule has 0 aromatic rings. The molecule has 1 heterocycles. The van der Waals surface area contributed by atoms with Crippen molar-refractivity contribution < 1.29 is 24.9 Å². The van der Waals surface area contributed by atoms with Crippen molar-refractivity contribution in [2.45, 2.75) is 58.2 Å². The van der Waals surface area contributed by atoms with Crippen LogP contribution in [0.3, 0.4) is 0 Å². The average molecular weight is 249 g/mol. The largest absolute Gasteiger partial charge is 0.394 e. The Morgan fingerprint density at radius 2 is 1.82 bits per heavy atom. The molecule has 1 rings (SSSR count). The van der Waals surface area contributed by atoms with E-state index >= 15 is 0 Å². The van der Waals surface area contributed by atoms with Gasteiger partial charge >= 0.3 is 0 Å². The summed E-state index contributed by atoms with van der Waals surface area (Å²) < 4.78 is 5.26. The predicted octanol–water partition coefficient (Wildman–Crippen LogP) is -0.981. The van der Waals surface area contributed by atoms with Crippen LogP contribution in [0.5, 0.6) is 0 Å². The maximum absolute atomic E-state index is 10.9. The van der Waals surface area contributed by atoms with Gasteiger partial charge in [0.2, 0.25) is 5.91 Å². The predicted molar refractivity (Wildman–Crippen MR) is 62.4 cm³/mol. The first kappa shape index (κ1) is 16.3. The Morgan fingerprint density at radius 1 is 1.29 bits per heavy atom. The van der Waals surface area contributed by atoms with Crippen molar-refractivity contribution >= 4 is 5.91 Å². The second-order valence-corrected chi connectivity index (χ2v) is 3.77. The van der Waals surface area contributed by atoms with E-state index in [0.717, 1.165) is 0 Å². The van der Waals surface area contributed by atoms with E-state index in [9.17, 15) is 15.0 Å². The number of rotatable bonds is 2. The van der Waals surface area contributed by atoms with Crippen molar-refractivity contribution in [2.24, 2.45) is 0 Å². The molecule has 102 valence electrons. The van der Waals surface area contributed by atoms with Gasteiger partial charge in [0.25, 0.3) is 0 Å². The van der Waals surface area contributed by atoms with Gasteiger partial charge in [-0.15, -0.1) is 0 Å². The van der Waals surface area contributed by atoms with Crippen LogP contribution in [0, 0.1) is 0 Å². The molecule has 0 saturated carbocycles. The molecule has 4 N–H and O–H groups in total. The fourth-order valence-electron chi connectivity index (χ4n) is 1.74. The molecule has 1 fully saturated rings. The smallest absolute Gasteiger partial charge is 0.217 e. The van der Waals surface area contributed by atoms with Crippen molar-refractivity contribution in [3.63, 3.8) is 0 Å². The van der Waals surface area contributed by atoms with Gasteiger partial charge in [-0.2, -0.15) is 0 Å². The van der Waals surface area contributed by atoms with Gasteiger partial charge in [0, 0.05) is 6.92 Å². The van der Waals surface area contributed by atoms with Crippen molar-refractivity contribution in [3.8, 4) is 0 Å². The van der Waals surface area contributed by atoms with Gasteiger partial charge < -0.3 is 25.4 Å². The van der Waals surface area contributed by atoms with E-state index in [1.807, 2.05) is 13.8 Å². The van der Waals surface area contributed by atoms with E-state index in [1.54, 1.807) is 6.92 Å². The summed E-state index contributed by atoms with van der Waals surface area (Å²) in [6.07, 6.45) is -3.58. The maximum Gasteiger partial charge on any atom is 0.217 e. The number of hydrogen-bond acceptors (Lipinski definition) is 5. The fraction of sp³-hybridized carbons (Fsp3) is 0.909. The maximum atomic E-state index is 10.9. The normalized spacial score (nSPS) is 36.8. The summed E-state index contributed by atoms with van der Waals surface area (Å²) in [7, 11) is 0. The Balaban J connectivity index is 0.00000121. The minimum atomic E-state index is -1.19. The molecule has 0 spiro atoms. The number of carbonyl (C=O) groups excluding carboxylic acids is 1. The van der Waals surface area contributed by atoms with Crippen LogP contribution in [-0.2, 0) is 9.53 Å². The number of ether oxygens (including phenoxy) is 1. The Bertz CT molecular complexity index is 236. The second-order valence-electron chi connectivity index (χ2n) is 3.77. The summed E-state index contributed by atoms with van der Waals surface area (Å²) in [5.41, 5.74) is 0. The zero-order valence-corrected chi connectivity index (χ0v) is 10.8. The summed E-state index contributed by atoms with van der Waals surface area (Å²) >= 11 is 0. The first-order chi connectivity index (χ1) is 7.97. The van der Waals surface area contributed by atoms with Gasteiger partial charge in [-0.05, 0) is 6.92 Å². The number of aliphatic hydroxyl groups is 3. The van der Waals surface area contributed by atoms with Crippen LogP contribution >= 0.6 is 0 Å². The molecule has 5 unspecified atom stereocenters. The highest BCUT2D eigenvalue weighted by Crippen LogP contribution is 2.20. The molecule has 0 bridgehead atoms. The van der Waals surface area contributed by atoms with Crippen LogP contribution in [0.15, 0.2) is 0 Å². The zero-order valence-electron chi connectivity index (χ0n) is 10.8. The third-order valence-corrected chi connectivity index (χ3v) is 2.54. The Labute approximate surface area is 102 Å². The highest BCUT2D eigenvalue weighted by molar-refractivity contribution is 5.73. The van der Waals surface area contributed by atoms with Crippen molar-refractivity contribution in [1.29, 1.82) is 0 Å². The number of amides is 1. The summed E-state index contributed by atoms with van der Waals surface area (Å²) in [5.74, 6) is -0.302. The monoisotopic (exact) mass is 249 g/mol. The number of aliphatic hydroxyl groups excluding tert-OH is 3. The molecule has 6 heteroatoms. The highest BCUT2D eigenvalue weighted by Gasteiger charge is 2.42. The van der Waals surface area contributed by atoms with E-state index in [2.05, 4.69) is 5.32 Å². The summed E-state index contributed by atoms with van der Waals surface area (Å²) in [6, 6.07) is -0.653. The molecule has 1 aliphatic heterocycles. The van der Waals surface area contributed by atoms with Crippen molar-refractivity contribution in [3.05, 3.63) is 0 Å². The molecule has 1 amide bonds. The van der Waals surface area contributed by atoms with Gasteiger partial charge in [0.05, 0.1) is 18.8 Å². The van der Waals surface area contributed by atoms with Gasteiger partial charge in [0.1, 0.15) is 18.3 Å². The summed E-state index contributed by atoms with van der Waals surface area (Å²) in [6.45, 7) is 6.62. The van der Waals surface area contributed by atoms with Crippen molar-refractivity contribution in [2.75, 3.05) is 6.61 Å². The summed E-state index contributed by atoms with van der Waals surface area (Å²) in [4.78, 5) is 10.9. The Hall–Kier alpha value is -0.690. The third-order valence-electron chi connectivity index (χ3n) is 2.54. The SMILES string of the molecule is CC.CC(=O)NC1C(C)OC(CO)C(O)C1O. The standard InChI is InChI=1S/C9H17NO5.C2H6/c1-4-7(10-5(2)12)9(14)8(13)6(3-11)15-4;1-2/h4,6-9,11,13-14H,3H2,1-2H3,(H,10,12);1-2H3. The van der Waals surface area contributed by atoms with Crippen LogP contribution in [-0.4, -0.2) is 58.3 Å². The molecule has 1 saturated heterocycles. The van der Waals surface area contributed by atoms with E-state index in [1.165, 1.54) is 6.92 Å². The number of hydrogen-bond donors (Lipinski definition) is 4. The molecule has 5 atom stereocenters. The van der Waals surface area contributed by atoms with Crippen LogP contribution in [0.4, 0.5) is 0 Å². The molecule has 1 aliphatic rings. The van der Waals surface area contributed by atoms with Crippen LogP contribution in [0.25, 0.3) is 0 Å². The summed E-state index contributed by atoms with van der Waals surface area (Å²) in [5, 5.41) is 30.6. The Kier molecular flexibility index (Phi) is 7.29. The molecule has 0 radical (unpaired) electrons. The molecule has 6 nitrogen and oxygen atoms in total. The first-order valence-electron chi connectivity index (χ1n) is 5.87. The molecule has 0 aliphatic carbocycles. The van der Waals surface area contributed by atoms with E-state index in [0.29, 0.717) is 0 Å². The Morgan fingerprint density at radius 3 is 2.24 bits per heavy atom.